The fourth-order valence-electron chi connectivity index (χ4n) is 4.92. The summed E-state index contributed by atoms with van der Waals surface area (Å²) in [5, 5.41) is 11.9. The van der Waals surface area contributed by atoms with E-state index in [1.54, 1.807) is 41.3 Å². The van der Waals surface area contributed by atoms with Crippen molar-refractivity contribution in [1.82, 2.24) is 9.80 Å². The maximum atomic E-state index is 13.6. The monoisotopic (exact) mass is 491 g/mol. The number of unbranched alkanes of at least 4 members (excludes halogenated alkanes) is 2. The fourth-order valence-corrected chi connectivity index (χ4v) is 4.92. The first kappa shape index (κ1) is 25.6. The second-order valence-corrected chi connectivity index (χ2v) is 9.33. The van der Waals surface area contributed by atoms with Crippen LogP contribution in [0.25, 0.3) is 11.0 Å². The first-order valence-electron chi connectivity index (χ1n) is 12.8. The predicted molar refractivity (Wildman–Crippen MR) is 139 cm³/mol. The van der Waals surface area contributed by atoms with Gasteiger partial charge < -0.3 is 14.2 Å². The smallest absolute Gasteiger partial charge is 0.290 e. The molecule has 3 aromatic rings. The number of benzene rings is 2. The van der Waals surface area contributed by atoms with Gasteiger partial charge in [0.1, 0.15) is 5.58 Å². The van der Waals surface area contributed by atoms with Crippen LogP contribution in [0, 0.1) is 10.1 Å². The van der Waals surface area contributed by atoms with Crippen LogP contribution in [0.5, 0.6) is 0 Å². The highest BCUT2D eigenvalue weighted by atomic mass is 16.6. The molecule has 36 heavy (non-hydrogen) atoms. The number of para-hydroxylation sites is 1. The molecule has 1 atom stereocenters. The summed E-state index contributed by atoms with van der Waals surface area (Å²) in [5.74, 6) is -0.318. The Labute approximate surface area is 210 Å². The third kappa shape index (κ3) is 5.18. The summed E-state index contributed by atoms with van der Waals surface area (Å²) in [4.78, 5) is 42.2. The lowest BCUT2D eigenvalue weighted by molar-refractivity contribution is -0.384. The minimum Gasteiger partial charge on any atom is -0.450 e. The van der Waals surface area contributed by atoms with Gasteiger partial charge in [-0.2, -0.15) is 0 Å². The van der Waals surface area contributed by atoms with E-state index in [2.05, 4.69) is 18.7 Å². The molecule has 8 nitrogen and oxygen atoms in total. The summed E-state index contributed by atoms with van der Waals surface area (Å²) in [6, 6.07) is 12.3. The zero-order valence-electron chi connectivity index (χ0n) is 20.9. The van der Waals surface area contributed by atoms with E-state index in [1.807, 2.05) is 0 Å². The summed E-state index contributed by atoms with van der Waals surface area (Å²) >= 11 is 0. The van der Waals surface area contributed by atoms with Crippen LogP contribution in [0.1, 0.15) is 73.7 Å². The Morgan fingerprint density at radius 3 is 2.36 bits per heavy atom. The van der Waals surface area contributed by atoms with Crippen LogP contribution >= 0.6 is 0 Å². The molecular weight excluding hydrogens is 458 g/mol. The molecule has 8 heteroatoms. The van der Waals surface area contributed by atoms with E-state index < -0.39 is 11.0 Å². The maximum absolute atomic E-state index is 13.6. The van der Waals surface area contributed by atoms with Crippen LogP contribution < -0.4 is 5.43 Å². The zero-order chi connectivity index (χ0) is 25.7. The van der Waals surface area contributed by atoms with Crippen LogP contribution in [0.15, 0.2) is 57.7 Å². The average Bonchev–Trinajstić information content (AvgIpc) is 3.17. The van der Waals surface area contributed by atoms with Crippen molar-refractivity contribution in [1.29, 1.82) is 0 Å². The molecule has 2 heterocycles. The molecule has 0 aliphatic carbocycles. The first-order chi connectivity index (χ1) is 17.5. The minimum atomic E-state index is -0.729. The summed E-state index contributed by atoms with van der Waals surface area (Å²) in [6.07, 6.45) is 5.22. The number of rotatable bonds is 12. The predicted octanol–water partition coefficient (Wildman–Crippen LogP) is 5.54. The molecule has 1 aliphatic heterocycles. The Balaban J connectivity index is 1.69. The van der Waals surface area contributed by atoms with Gasteiger partial charge in [0.2, 0.25) is 5.76 Å². The number of hydrogen-bond donors (Lipinski definition) is 0. The second-order valence-electron chi connectivity index (χ2n) is 9.33. The molecule has 2 aromatic carbocycles. The Morgan fingerprint density at radius 2 is 1.67 bits per heavy atom. The van der Waals surface area contributed by atoms with E-state index in [9.17, 15) is 19.7 Å². The zero-order valence-corrected chi connectivity index (χ0v) is 20.9. The van der Waals surface area contributed by atoms with E-state index in [0.717, 1.165) is 51.7 Å². The number of hydrogen-bond acceptors (Lipinski definition) is 6. The molecule has 0 saturated heterocycles. The highest BCUT2D eigenvalue weighted by Gasteiger charge is 2.42. The Bertz CT molecular complexity index is 1290. The SMILES string of the molecule is CCCCN(CCCC)CCCN1C(=O)c2oc3ccccc3c(=O)c2C1c1cccc([N+](=O)[O-])c1. The summed E-state index contributed by atoms with van der Waals surface area (Å²) in [6.45, 7) is 7.65. The van der Waals surface area contributed by atoms with Crippen molar-refractivity contribution < 1.29 is 14.1 Å². The Morgan fingerprint density at radius 1 is 0.972 bits per heavy atom. The van der Waals surface area contributed by atoms with Gasteiger partial charge >= 0.3 is 0 Å². The van der Waals surface area contributed by atoms with E-state index >= 15 is 0 Å². The first-order valence-corrected chi connectivity index (χ1v) is 12.8. The molecular formula is C28H33N3O5. The second kappa shape index (κ2) is 11.5. The van der Waals surface area contributed by atoms with E-state index in [4.69, 9.17) is 4.42 Å². The van der Waals surface area contributed by atoms with Crippen LogP contribution in [-0.2, 0) is 0 Å². The summed E-state index contributed by atoms with van der Waals surface area (Å²) in [5.41, 5.74) is 0.802. The largest absolute Gasteiger partial charge is 0.450 e. The van der Waals surface area contributed by atoms with Gasteiger partial charge in [-0.3, -0.25) is 19.7 Å². The van der Waals surface area contributed by atoms with Gasteiger partial charge in [-0.15, -0.1) is 0 Å². The van der Waals surface area contributed by atoms with E-state index in [1.165, 1.54) is 12.1 Å². The molecule has 1 amide bonds. The van der Waals surface area contributed by atoms with Gasteiger partial charge in [0.25, 0.3) is 11.6 Å². The molecule has 1 aromatic heterocycles. The number of nitro benzene ring substituents is 1. The van der Waals surface area contributed by atoms with Gasteiger partial charge in [0.05, 0.1) is 21.9 Å². The van der Waals surface area contributed by atoms with Crippen LogP contribution in [0.2, 0.25) is 0 Å². The number of carbonyl (C=O) groups excluding carboxylic acids is 1. The number of non-ortho nitro benzene ring substituents is 1. The molecule has 0 bridgehead atoms. The number of nitrogens with zero attached hydrogens (tertiary/aromatic N) is 3. The maximum Gasteiger partial charge on any atom is 0.290 e. The number of nitro groups is 1. The number of fused-ring (bicyclic) bond motifs is 2. The molecule has 0 spiro atoms. The lowest BCUT2D eigenvalue weighted by Crippen LogP contribution is -2.34. The van der Waals surface area contributed by atoms with Gasteiger partial charge in [-0.05, 0) is 56.6 Å². The number of amides is 1. The third-order valence-electron chi connectivity index (χ3n) is 6.80. The third-order valence-corrected chi connectivity index (χ3v) is 6.80. The molecule has 0 fully saturated rings. The molecule has 1 unspecified atom stereocenters. The van der Waals surface area contributed by atoms with Crippen LogP contribution in [0.4, 0.5) is 5.69 Å². The molecule has 1 aliphatic rings. The van der Waals surface area contributed by atoms with Gasteiger partial charge in [-0.25, -0.2) is 0 Å². The Hall–Kier alpha value is -3.52. The quantitative estimate of drug-likeness (QED) is 0.244. The molecule has 0 saturated carbocycles. The fraction of sp³-hybridized carbons (Fsp3) is 0.429. The summed E-state index contributed by atoms with van der Waals surface area (Å²) < 4.78 is 5.96. The lowest BCUT2D eigenvalue weighted by Gasteiger charge is -2.27. The van der Waals surface area contributed by atoms with Crippen LogP contribution in [0.3, 0.4) is 0 Å². The molecule has 4 rings (SSSR count). The van der Waals surface area contributed by atoms with Crippen molar-refractivity contribution in [2.75, 3.05) is 26.2 Å². The number of carbonyl (C=O) groups is 1. The van der Waals surface area contributed by atoms with Crippen molar-refractivity contribution in [3.63, 3.8) is 0 Å². The normalized spacial score (nSPS) is 15.1. The van der Waals surface area contributed by atoms with Crippen molar-refractivity contribution >= 4 is 22.6 Å². The van der Waals surface area contributed by atoms with Crippen molar-refractivity contribution in [2.24, 2.45) is 0 Å². The van der Waals surface area contributed by atoms with Crippen LogP contribution in [-0.4, -0.2) is 46.8 Å². The minimum absolute atomic E-state index is 0.0315. The highest BCUT2D eigenvalue weighted by molar-refractivity contribution is 5.99. The average molecular weight is 492 g/mol. The molecule has 0 radical (unpaired) electrons. The Kier molecular flexibility index (Phi) is 8.15. The summed E-state index contributed by atoms with van der Waals surface area (Å²) in [7, 11) is 0. The van der Waals surface area contributed by atoms with Crippen molar-refractivity contribution in [2.45, 2.75) is 52.0 Å². The van der Waals surface area contributed by atoms with E-state index in [0.29, 0.717) is 23.1 Å². The van der Waals surface area contributed by atoms with E-state index in [-0.39, 0.29) is 28.3 Å². The van der Waals surface area contributed by atoms with Gasteiger partial charge in [0, 0.05) is 18.7 Å². The van der Waals surface area contributed by atoms with Gasteiger partial charge in [0.15, 0.2) is 5.43 Å². The standard InChI is InChI=1S/C28H33N3O5/c1-3-5-15-29(16-6-4-2)17-10-18-30-25(20-11-9-12-21(19-20)31(34)35)24-26(32)22-13-7-8-14-23(22)36-27(24)28(30)33/h7-9,11-14,19,25H,3-6,10,15-18H2,1-2H3. The topological polar surface area (TPSA) is 96.9 Å². The lowest BCUT2D eigenvalue weighted by atomic mass is 9.98. The van der Waals surface area contributed by atoms with Gasteiger partial charge in [-0.1, -0.05) is 51.0 Å². The van der Waals surface area contributed by atoms with Crippen molar-refractivity contribution in [3.05, 3.63) is 85.8 Å². The highest BCUT2D eigenvalue weighted by Crippen LogP contribution is 2.39. The van der Waals surface area contributed by atoms with Crippen molar-refractivity contribution in [3.8, 4) is 0 Å². The molecule has 190 valence electrons. The molecule has 0 N–H and O–H groups in total.